The number of nitrogens with zero attached hydrogens (tertiary/aromatic N) is 1. The molecule has 5 nitrogen and oxygen atoms in total. The lowest BCUT2D eigenvalue weighted by Gasteiger charge is -2.30. The first-order chi connectivity index (χ1) is 10.4. The van der Waals surface area contributed by atoms with Crippen LogP contribution in [0, 0.1) is 5.92 Å². The Labute approximate surface area is 129 Å². The number of halogens is 2. The van der Waals surface area contributed by atoms with Gasteiger partial charge in [0.05, 0.1) is 19.3 Å². The fourth-order valence-electron chi connectivity index (χ4n) is 3.16. The van der Waals surface area contributed by atoms with E-state index in [0.717, 1.165) is 0 Å². The molecule has 1 aliphatic carbocycles. The van der Waals surface area contributed by atoms with Crippen molar-refractivity contribution in [1.82, 2.24) is 0 Å². The third-order valence-electron chi connectivity index (χ3n) is 4.22. The van der Waals surface area contributed by atoms with Crippen molar-refractivity contribution in [2.75, 3.05) is 13.2 Å². The Bertz CT molecular complexity index is 452. The van der Waals surface area contributed by atoms with Crippen molar-refractivity contribution in [2.45, 2.75) is 64.0 Å². The molecule has 0 saturated heterocycles. The summed E-state index contributed by atoms with van der Waals surface area (Å²) in [6.07, 6.45) is -2.89. The molecular weight excluding hydrogens is 315 g/mol. The van der Waals surface area contributed by atoms with E-state index in [-0.39, 0.29) is 49.9 Å². The fourth-order valence-corrected chi connectivity index (χ4v) is 4.94. The summed E-state index contributed by atoms with van der Waals surface area (Å²) in [6.45, 7) is 3.71. The zero-order valence-corrected chi connectivity index (χ0v) is 13.8. The van der Waals surface area contributed by atoms with Crippen molar-refractivity contribution >= 4 is 13.0 Å². The van der Waals surface area contributed by atoms with Gasteiger partial charge in [-0.25, -0.2) is 8.78 Å². The maximum atomic E-state index is 13.6. The van der Waals surface area contributed by atoms with Gasteiger partial charge in [0.15, 0.2) is 5.45 Å². The van der Waals surface area contributed by atoms with E-state index in [1.807, 2.05) is 0 Å². The molecule has 22 heavy (non-hydrogen) atoms. The van der Waals surface area contributed by atoms with Gasteiger partial charge in [-0.2, -0.15) is 0 Å². The van der Waals surface area contributed by atoms with E-state index in [4.69, 9.17) is 9.05 Å². The minimum Gasteiger partial charge on any atom is -0.386 e. The molecule has 1 heterocycles. The molecule has 0 spiro atoms. The summed E-state index contributed by atoms with van der Waals surface area (Å²) >= 11 is 0. The Morgan fingerprint density at radius 1 is 1.18 bits per heavy atom. The maximum Gasteiger partial charge on any atom is 0.377 e. The van der Waals surface area contributed by atoms with Gasteiger partial charge in [0.2, 0.25) is 0 Å². The van der Waals surface area contributed by atoms with Crippen LogP contribution < -0.4 is 0 Å². The number of aliphatic hydroxyl groups excluding tert-OH is 1. The molecule has 0 aromatic rings. The molecule has 4 unspecified atom stereocenters. The number of rotatable bonds is 6. The molecule has 0 bridgehead atoms. The van der Waals surface area contributed by atoms with Crippen LogP contribution in [0.25, 0.3) is 0 Å². The normalized spacial score (nSPS) is 36.4. The summed E-state index contributed by atoms with van der Waals surface area (Å²) in [5.41, 5.74) is 0.0268. The largest absolute Gasteiger partial charge is 0.386 e. The van der Waals surface area contributed by atoms with E-state index in [9.17, 15) is 18.5 Å². The lowest BCUT2D eigenvalue weighted by atomic mass is 9.81. The zero-order chi connectivity index (χ0) is 16.3. The van der Waals surface area contributed by atoms with Gasteiger partial charge < -0.3 is 14.2 Å². The number of alkyl halides is 2. The van der Waals surface area contributed by atoms with Gasteiger partial charge in [-0.3, -0.25) is 9.56 Å². The molecule has 2 aliphatic rings. The van der Waals surface area contributed by atoms with Crippen LogP contribution in [-0.4, -0.2) is 48.3 Å². The van der Waals surface area contributed by atoms with Gasteiger partial charge in [0.25, 0.3) is 0 Å². The second-order valence-corrected chi connectivity index (χ2v) is 7.71. The lowest BCUT2D eigenvalue weighted by molar-refractivity contribution is 0.0780. The summed E-state index contributed by atoms with van der Waals surface area (Å²) in [4.78, 5) is 4.33. The van der Waals surface area contributed by atoms with E-state index in [2.05, 4.69) is 4.99 Å². The summed E-state index contributed by atoms with van der Waals surface area (Å²) in [6, 6.07) is -0.356. The van der Waals surface area contributed by atoms with Crippen LogP contribution in [0.5, 0.6) is 0 Å². The van der Waals surface area contributed by atoms with Crippen LogP contribution in [0.2, 0.25) is 0 Å². The van der Waals surface area contributed by atoms with Crippen molar-refractivity contribution in [3.05, 3.63) is 0 Å². The molecule has 0 amide bonds. The molecule has 1 fully saturated rings. The van der Waals surface area contributed by atoms with Crippen molar-refractivity contribution < 1.29 is 27.5 Å². The Kier molecular flexibility index (Phi) is 6.11. The average molecular weight is 339 g/mol. The first kappa shape index (κ1) is 18.0. The minimum absolute atomic E-state index is 0.0268. The quantitative estimate of drug-likeness (QED) is 0.754. The smallest absolute Gasteiger partial charge is 0.377 e. The molecule has 8 heteroatoms. The molecule has 128 valence electrons. The molecule has 0 aromatic carbocycles. The van der Waals surface area contributed by atoms with Crippen LogP contribution in [-0.2, 0) is 13.6 Å². The zero-order valence-electron chi connectivity index (χ0n) is 13.0. The maximum absolute atomic E-state index is 13.6. The Hall–Kier alpha value is -0.360. The van der Waals surface area contributed by atoms with Crippen molar-refractivity contribution in [3.63, 3.8) is 0 Å². The second kappa shape index (κ2) is 7.47. The Balaban J connectivity index is 2.14. The van der Waals surface area contributed by atoms with Gasteiger partial charge in [-0.05, 0) is 39.0 Å². The van der Waals surface area contributed by atoms with Gasteiger partial charge in [0, 0.05) is 6.42 Å². The van der Waals surface area contributed by atoms with Crippen LogP contribution in [0.3, 0.4) is 0 Å². The molecule has 1 N–H and O–H groups in total. The molecular formula is C14H24F2NO4P. The highest BCUT2D eigenvalue weighted by Gasteiger charge is 2.45. The molecule has 2 rings (SSSR count). The lowest BCUT2D eigenvalue weighted by Crippen LogP contribution is -2.32. The van der Waals surface area contributed by atoms with Gasteiger partial charge in [-0.1, -0.05) is 0 Å². The van der Waals surface area contributed by atoms with Crippen LogP contribution >= 0.6 is 7.60 Å². The van der Waals surface area contributed by atoms with E-state index in [1.54, 1.807) is 13.8 Å². The Morgan fingerprint density at radius 2 is 1.82 bits per heavy atom. The third-order valence-corrected chi connectivity index (χ3v) is 6.39. The summed E-state index contributed by atoms with van der Waals surface area (Å²) in [5.74, 6) is -0.147. The standard InChI is InChI=1S/C14H24F2NO4P/c1-3-20-22(19,21-4-2)14-13(18)8-12(17-14)9-5-6-10(15)11(16)7-9/h9-13,18H,3-8H2,1-2H3/t9?,10?,11?,12-,13?/m1/s1. The molecule has 0 aromatic heterocycles. The molecule has 0 radical (unpaired) electrons. The van der Waals surface area contributed by atoms with Crippen molar-refractivity contribution in [2.24, 2.45) is 10.9 Å². The summed E-state index contributed by atoms with van der Waals surface area (Å²) in [5, 5.41) is 10.2. The molecule has 1 saturated carbocycles. The summed E-state index contributed by atoms with van der Waals surface area (Å²) in [7, 11) is -3.61. The number of hydrogen-bond donors (Lipinski definition) is 1. The van der Waals surface area contributed by atoms with Crippen molar-refractivity contribution in [1.29, 1.82) is 0 Å². The van der Waals surface area contributed by atoms with Crippen LogP contribution in [0.15, 0.2) is 4.99 Å². The van der Waals surface area contributed by atoms with Gasteiger partial charge >= 0.3 is 7.60 Å². The van der Waals surface area contributed by atoms with E-state index in [0.29, 0.717) is 6.42 Å². The molecule has 1 aliphatic heterocycles. The monoisotopic (exact) mass is 339 g/mol. The number of aliphatic hydroxyl groups is 1. The second-order valence-electron chi connectivity index (χ2n) is 5.74. The fraction of sp³-hybridized carbons (Fsp3) is 0.929. The topological polar surface area (TPSA) is 68.1 Å². The minimum atomic E-state index is -3.61. The predicted molar refractivity (Wildman–Crippen MR) is 79.8 cm³/mol. The molecule has 5 atom stereocenters. The van der Waals surface area contributed by atoms with Crippen molar-refractivity contribution in [3.8, 4) is 0 Å². The highest BCUT2D eigenvalue weighted by molar-refractivity contribution is 7.72. The number of aliphatic imine (C=N–C) groups is 1. The Morgan fingerprint density at radius 3 is 2.36 bits per heavy atom. The summed E-state index contributed by atoms with van der Waals surface area (Å²) < 4.78 is 49.9. The first-order valence-corrected chi connectivity index (χ1v) is 9.39. The SMILES string of the molecule is CCOP(=O)(OCC)C1=N[C@@H](C2CCC(F)C(F)C2)CC1O. The highest BCUT2D eigenvalue weighted by atomic mass is 31.2. The van der Waals surface area contributed by atoms with E-state index in [1.165, 1.54) is 0 Å². The highest BCUT2D eigenvalue weighted by Crippen LogP contribution is 2.53. The van der Waals surface area contributed by atoms with Gasteiger partial charge in [0.1, 0.15) is 18.4 Å². The van der Waals surface area contributed by atoms with E-state index < -0.39 is 26.0 Å². The van der Waals surface area contributed by atoms with Crippen LogP contribution in [0.1, 0.15) is 39.5 Å². The predicted octanol–water partition coefficient (Wildman–Crippen LogP) is 3.26. The number of hydrogen-bond acceptors (Lipinski definition) is 5. The van der Waals surface area contributed by atoms with E-state index >= 15 is 0 Å². The average Bonchev–Trinajstić information content (AvgIpc) is 2.85. The first-order valence-electron chi connectivity index (χ1n) is 7.84. The van der Waals surface area contributed by atoms with Gasteiger partial charge in [-0.15, -0.1) is 0 Å². The van der Waals surface area contributed by atoms with Crippen LogP contribution in [0.4, 0.5) is 8.78 Å². The third kappa shape index (κ3) is 3.75.